The smallest absolute Gasteiger partial charge is 0.265 e. The van der Waals surface area contributed by atoms with Crippen LogP contribution < -0.4 is 14.2 Å². The minimum Gasteiger partial charge on any atom is -0.493 e. The number of hydrogen-bond acceptors (Lipinski definition) is 6. The van der Waals surface area contributed by atoms with E-state index in [1.54, 1.807) is 38.1 Å². The quantitative estimate of drug-likeness (QED) is 0.694. The molecule has 7 nitrogen and oxygen atoms in total. The van der Waals surface area contributed by atoms with Crippen molar-refractivity contribution < 1.29 is 27.4 Å². The molecule has 0 aromatic heterocycles. The summed E-state index contributed by atoms with van der Waals surface area (Å²) in [4.78, 5) is 13.2. The molecule has 0 saturated heterocycles. The Morgan fingerprint density at radius 1 is 0.931 bits per heavy atom. The number of sulfonamides is 1. The van der Waals surface area contributed by atoms with Crippen LogP contribution in [0.1, 0.15) is 29.8 Å². The number of methoxy groups -OCH3 is 3. The van der Waals surface area contributed by atoms with Crippen LogP contribution in [0.3, 0.4) is 0 Å². The first-order chi connectivity index (χ1) is 13.8. The van der Waals surface area contributed by atoms with Gasteiger partial charge in [-0.05, 0) is 44.2 Å². The maximum atomic E-state index is 13.2. The van der Waals surface area contributed by atoms with Crippen LogP contribution in [-0.2, 0) is 10.0 Å². The van der Waals surface area contributed by atoms with Gasteiger partial charge in [-0.25, -0.2) is 8.42 Å². The van der Waals surface area contributed by atoms with E-state index in [4.69, 9.17) is 14.2 Å². The van der Waals surface area contributed by atoms with Gasteiger partial charge in [0.25, 0.3) is 10.0 Å². The van der Waals surface area contributed by atoms with Gasteiger partial charge in [0.05, 0.1) is 26.2 Å². The maximum Gasteiger partial charge on any atom is 0.265 e. The highest BCUT2D eigenvalue weighted by molar-refractivity contribution is 7.89. The fourth-order valence-corrected chi connectivity index (χ4v) is 5.27. The third kappa shape index (κ3) is 3.33. The van der Waals surface area contributed by atoms with Crippen LogP contribution in [0.15, 0.2) is 47.0 Å². The Kier molecular flexibility index (Phi) is 5.57. The van der Waals surface area contributed by atoms with E-state index in [-0.39, 0.29) is 21.9 Å². The molecule has 29 heavy (non-hydrogen) atoms. The summed E-state index contributed by atoms with van der Waals surface area (Å²) < 4.78 is 43.8. The molecule has 3 rings (SSSR count). The molecule has 8 heteroatoms. The molecule has 0 amide bonds. The first-order valence-electron chi connectivity index (χ1n) is 8.96. The van der Waals surface area contributed by atoms with Crippen LogP contribution >= 0.6 is 0 Å². The number of fused-ring (bicyclic) bond motifs is 1. The van der Waals surface area contributed by atoms with E-state index in [0.717, 1.165) is 4.31 Å². The lowest BCUT2D eigenvalue weighted by atomic mass is 10.0. The van der Waals surface area contributed by atoms with Crippen LogP contribution in [0.25, 0.3) is 6.08 Å². The molecule has 0 aliphatic carbocycles. The Hall–Kier alpha value is -3.00. The number of rotatable bonds is 5. The Morgan fingerprint density at radius 2 is 1.59 bits per heavy atom. The standard InChI is InChI=1S/C21H23NO6S/c1-13(2)22-16(19(23)15-8-6-7-9-18(15)29(22,24)25)12-14-10-11-17(26-3)21(28-5)20(14)27-4/h6-13H,1-5H3/b16-12+. The molecule has 1 heterocycles. The second-order valence-electron chi connectivity index (χ2n) is 6.67. The predicted octanol–water partition coefficient (Wildman–Crippen LogP) is 3.35. The summed E-state index contributed by atoms with van der Waals surface area (Å²) in [7, 11) is 0.562. The number of benzene rings is 2. The molecule has 1 aliphatic rings. The van der Waals surface area contributed by atoms with Crippen molar-refractivity contribution in [2.75, 3.05) is 21.3 Å². The Morgan fingerprint density at radius 3 is 2.17 bits per heavy atom. The molecule has 0 unspecified atom stereocenters. The summed E-state index contributed by atoms with van der Waals surface area (Å²) in [5.74, 6) is 0.778. The van der Waals surface area contributed by atoms with Gasteiger partial charge >= 0.3 is 0 Å². The number of nitrogens with zero attached hydrogens (tertiary/aromatic N) is 1. The van der Waals surface area contributed by atoms with Gasteiger partial charge < -0.3 is 14.2 Å². The lowest BCUT2D eigenvalue weighted by Crippen LogP contribution is -2.43. The van der Waals surface area contributed by atoms with Gasteiger partial charge in [-0.15, -0.1) is 0 Å². The summed E-state index contributed by atoms with van der Waals surface area (Å²) >= 11 is 0. The van der Waals surface area contributed by atoms with Crippen LogP contribution in [0.2, 0.25) is 0 Å². The minimum absolute atomic E-state index is 0.00938. The van der Waals surface area contributed by atoms with Gasteiger partial charge in [-0.2, -0.15) is 0 Å². The zero-order valence-corrected chi connectivity index (χ0v) is 17.7. The normalized spacial score (nSPS) is 16.7. The van der Waals surface area contributed by atoms with Gasteiger partial charge in [-0.1, -0.05) is 12.1 Å². The number of ether oxygens (including phenoxy) is 3. The zero-order chi connectivity index (χ0) is 21.3. The molecule has 2 aromatic rings. The van der Waals surface area contributed by atoms with Crippen LogP contribution in [0.4, 0.5) is 0 Å². The number of Topliss-reactive ketones (excluding diaryl/α,β-unsaturated/α-hetero) is 1. The van der Waals surface area contributed by atoms with Gasteiger partial charge in [0.1, 0.15) is 5.70 Å². The second kappa shape index (κ2) is 7.79. The number of allylic oxidation sites excluding steroid dienone is 1. The summed E-state index contributed by atoms with van der Waals surface area (Å²) in [6, 6.07) is 9.11. The Bertz CT molecular complexity index is 1090. The lowest BCUT2D eigenvalue weighted by Gasteiger charge is -2.34. The van der Waals surface area contributed by atoms with Crippen LogP contribution in [0.5, 0.6) is 17.2 Å². The minimum atomic E-state index is -3.88. The zero-order valence-electron chi connectivity index (χ0n) is 16.9. The summed E-state index contributed by atoms with van der Waals surface area (Å²) in [6.07, 6.45) is 1.51. The molecule has 0 radical (unpaired) electrons. The highest BCUT2D eigenvalue weighted by Crippen LogP contribution is 2.42. The molecule has 0 fully saturated rings. The van der Waals surface area contributed by atoms with Gasteiger partial charge in [0, 0.05) is 17.2 Å². The first kappa shape index (κ1) is 20.7. The third-order valence-corrected chi connectivity index (χ3v) is 6.68. The first-order valence-corrected chi connectivity index (χ1v) is 10.4. The average molecular weight is 417 g/mol. The highest BCUT2D eigenvalue weighted by Gasteiger charge is 2.40. The van der Waals surface area contributed by atoms with E-state index >= 15 is 0 Å². The molecular formula is C21H23NO6S. The van der Waals surface area contributed by atoms with E-state index < -0.39 is 16.1 Å². The van der Waals surface area contributed by atoms with Crippen LogP contribution in [0, 0.1) is 0 Å². The predicted molar refractivity (Wildman–Crippen MR) is 109 cm³/mol. The average Bonchev–Trinajstić information content (AvgIpc) is 2.70. The van der Waals surface area contributed by atoms with Crippen molar-refractivity contribution >= 4 is 21.9 Å². The third-order valence-electron chi connectivity index (χ3n) is 4.63. The Labute approximate surface area is 170 Å². The fourth-order valence-electron chi connectivity index (χ4n) is 3.42. The number of hydrogen-bond donors (Lipinski definition) is 0. The monoisotopic (exact) mass is 417 g/mol. The van der Waals surface area contributed by atoms with E-state index in [1.165, 1.54) is 39.5 Å². The molecule has 2 aromatic carbocycles. The molecular weight excluding hydrogens is 394 g/mol. The second-order valence-corrected chi connectivity index (χ2v) is 8.46. The van der Waals surface area contributed by atoms with E-state index in [0.29, 0.717) is 22.8 Å². The fraction of sp³-hybridized carbons (Fsp3) is 0.286. The molecule has 0 spiro atoms. The molecule has 0 atom stereocenters. The van der Waals surface area contributed by atoms with Crippen molar-refractivity contribution in [2.45, 2.75) is 24.8 Å². The lowest BCUT2D eigenvalue weighted by molar-refractivity contribution is 0.0996. The largest absolute Gasteiger partial charge is 0.493 e. The van der Waals surface area contributed by atoms with Gasteiger partial charge in [0.2, 0.25) is 11.5 Å². The summed E-state index contributed by atoms with van der Waals surface area (Å²) in [5.41, 5.74) is 0.688. The number of ketones is 1. The number of carbonyl (C=O) groups excluding carboxylic acids is 1. The highest BCUT2D eigenvalue weighted by atomic mass is 32.2. The molecule has 0 N–H and O–H groups in total. The topological polar surface area (TPSA) is 82.1 Å². The van der Waals surface area contributed by atoms with Crippen molar-refractivity contribution in [3.05, 3.63) is 53.2 Å². The molecule has 154 valence electrons. The van der Waals surface area contributed by atoms with Gasteiger partial charge in [-0.3, -0.25) is 9.10 Å². The number of carbonyl (C=O) groups is 1. The van der Waals surface area contributed by atoms with Crippen molar-refractivity contribution in [1.82, 2.24) is 4.31 Å². The van der Waals surface area contributed by atoms with Crippen molar-refractivity contribution in [1.29, 1.82) is 0 Å². The summed E-state index contributed by atoms with van der Waals surface area (Å²) in [5, 5.41) is 0. The molecule has 0 saturated carbocycles. The molecule has 0 bridgehead atoms. The van der Waals surface area contributed by atoms with Crippen molar-refractivity contribution in [3.8, 4) is 17.2 Å². The van der Waals surface area contributed by atoms with E-state index in [9.17, 15) is 13.2 Å². The van der Waals surface area contributed by atoms with E-state index in [1.807, 2.05) is 0 Å². The van der Waals surface area contributed by atoms with E-state index in [2.05, 4.69) is 0 Å². The van der Waals surface area contributed by atoms with Crippen molar-refractivity contribution in [3.63, 3.8) is 0 Å². The Balaban J connectivity index is 2.30. The SMILES string of the molecule is COc1ccc(/C=C2\C(=O)c3ccccc3S(=O)(=O)N2C(C)C)c(OC)c1OC. The summed E-state index contributed by atoms with van der Waals surface area (Å²) in [6.45, 7) is 3.44. The van der Waals surface area contributed by atoms with Crippen LogP contribution in [-0.4, -0.2) is 45.9 Å². The van der Waals surface area contributed by atoms with Crippen molar-refractivity contribution in [2.24, 2.45) is 0 Å². The molecule has 1 aliphatic heterocycles. The van der Waals surface area contributed by atoms with Gasteiger partial charge in [0.15, 0.2) is 11.5 Å². The maximum absolute atomic E-state index is 13.2.